The second-order valence-electron chi connectivity index (χ2n) is 8.05. The molecule has 0 aromatic heterocycles. The van der Waals surface area contributed by atoms with Crippen molar-refractivity contribution in [3.05, 3.63) is 89.0 Å². The SMILES string of the molecule is COc1cccc(CNC(=O)CC(c2ccc(OC)c(OC)c2)N2Cc3ccccc3C2=O)c1. The lowest BCUT2D eigenvalue weighted by molar-refractivity contribution is -0.122. The molecule has 2 amide bonds. The molecule has 0 saturated heterocycles. The van der Waals surface area contributed by atoms with Gasteiger partial charge in [0.1, 0.15) is 5.75 Å². The molecule has 34 heavy (non-hydrogen) atoms. The van der Waals surface area contributed by atoms with Crippen LogP contribution in [0.4, 0.5) is 0 Å². The number of rotatable bonds is 9. The maximum absolute atomic E-state index is 13.2. The van der Waals surface area contributed by atoms with Crippen LogP contribution in [-0.4, -0.2) is 38.0 Å². The number of amides is 2. The number of methoxy groups -OCH3 is 3. The summed E-state index contributed by atoms with van der Waals surface area (Å²) in [6, 6.07) is 20.1. The summed E-state index contributed by atoms with van der Waals surface area (Å²) < 4.78 is 16.1. The van der Waals surface area contributed by atoms with E-state index in [9.17, 15) is 9.59 Å². The first-order valence-corrected chi connectivity index (χ1v) is 11.0. The first kappa shape index (κ1) is 23.2. The Balaban J connectivity index is 1.58. The van der Waals surface area contributed by atoms with Crippen LogP contribution in [0, 0.1) is 0 Å². The van der Waals surface area contributed by atoms with E-state index in [1.54, 1.807) is 32.3 Å². The second-order valence-corrected chi connectivity index (χ2v) is 8.05. The first-order valence-electron chi connectivity index (χ1n) is 11.0. The van der Waals surface area contributed by atoms with E-state index < -0.39 is 6.04 Å². The quantitative estimate of drug-likeness (QED) is 0.520. The van der Waals surface area contributed by atoms with Crippen molar-refractivity contribution in [3.8, 4) is 17.2 Å². The third kappa shape index (κ3) is 4.83. The molecule has 7 heteroatoms. The molecule has 3 aromatic rings. The maximum Gasteiger partial charge on any atom is 0.255 e. The summed E-state index contributed by atoms with van der Waals surface area (Å²) in [6.45, 7) is 0.806. The molecule has 1 N–H and O–H groups in total. The number of ether oxygens (including phenoxy) is 3. The Kier molecular flexibility index (Phi) is 7.01. The van der Waals surface area contributed by atoms with Gasteiger partial charge in [-0.25, -0.2) is 0 Å². The Morgan fingerprint density at radius 2 is 1.74 bits per heavy atom. The average molecular weight is 461 g/mol. The van der Waals surface area contributed by atoms with Crippen molar-refractivity contribution in [1.82, 2.24) is 10.2 Å². The van der Waals surface area contributed by atoms with E-state index >= 15 is 0 Å². The van der Waals surface area contributed by atoms with Crippen LogP contribution in [-0.2, 0) is 17.9 Å². The third-order valence-corrected chi connectivity index (χ3v) is 6.02. The van der Waals surface area contributed by atoms with Crippen molar-refractivity contribution in [3.63, 3.8) is 0 Å². The number of fused-ring (bicyclic) bond motifs is 1. The van der Waals surface area contributed by atoms with Gasteiger partial charge in [-0.3, -0.25) is 9.59 Å². The minimum Gasteiger partial charge on any atom is -0.497 e. The van der Waals surface area contributed by atoms with Crippen LogP contribution in [0.3, 0.4) is 0 Å². The molecule has 0 aliphatic carbocycles. The van der Waals surface area contributed by atoms with E-state index in [1.165, 1.54) is 0 Å². The summed E-state index contributed by atoms with van der Waals surface area (Å²) in [6.07, 6.45) is 0.110. The van der Waals surface area contributed by atoms with E-state index in [2.05, 4.69) is 5.32 Å². The Bertz CT molecular complexity index is 1190. The third-order valence-electron chi connectivity index (χ3n) is 6.02. The summed E-state index contributed by atoms with van der Waals surface area (Å²) in [4.78, 5) is 28.0. The molecule has 1 heterocycles. The van der Waals surface area contributed by atoms with Crippen LogP contribution in [0.1, 0.15) is 39.5 Å². The smallest absolute Gasteiger partial charge is 0.255 e. The van der Waals surface area contributed by atoms with Crippen molar-refractivity contribution >= 4 is 11.8 Å². The van der Waals surface area contributed by atoms with Crippen molar-refractivity contribution in [2.75, 3.05) is 21.3 Å². The molecule has 0 radical (unpaired) electrons. The molecule has 1 aliphatic heterocycles. The van der Waals surface area contributed by atoms with Gasteiger partial charge in [-0.2, -0.15) is 0 Å². The van der Waals surface area contributed by atoms with Crippen molar-refractivity contribution in [2.45, 2.75) is 25.6 Å². The highest BCUT2D eigenvalue weighted by Gasteiger charge is 2.34. The number of hydrogen-bond donors (Lipinski definition) is 1. The van der Waals surface area contributed by atoms with Gasteiger partial charge in [0.2, 0.25) is 5.91 Å². The maximum atomic E-state index is 13.2. The second kappa shape index (κ2) is 10.3. The van der Waals surface area contributed by atoms with Crippen molar-refractivity contribution in [2.24, 2.45) is 0 Å². The Labute approximate surface area is 199 Å². The molecule has 0 saturated carbocycles. The minimum atomic E-state index is -0.468. The van der Waals surface area contributed by atoms with E-state index in [0.29, 0.717) is 30.2 Å². The average Bonchev–Trinajstić information content (AvgIpc) is 3.21. The van der Waals surface area contributed by atoms with Crippen LogP contribution in [0.25, 0.3) is 0 Å². The van der Waals surface area contributed by atoms with Crippen molar-refractivity contribution in [1.29, 1.82) is 0 Å². The van der Waals surface area contributed by atoms with Gasteiger partial charge in [-0.05, 0) is 47.0 Å². The van der Waals surface area contributed by atoms with Gasteiger partial charge in [0.15, 0.2) is 11.5 Å². The lowest BCUT2D eigenvalue weighted by atomic mass is 10.0. The molecular formula is C27H28N2O5. The number of nitrogens with one attached hydrogen (secondary N) is 1. The Morgan fingerprint density at radius 1 is 0.941 bits per heavy atom. The van der Waals surface area contributed by atoms with Gasteiger partial charge >= 0.3 is 0 Å². The highest BCUT2D eigenvalue weighted by atomic mass is 16.5. The first-order chi connectivity index (χ1) is 16.5. The number of benzene rings is 3. The fourth-order valence-corrected chi connectivity index (χ4v) is 4.23. The molecule has 0 spiro atoms. The number of carbonyl (C=O) groups excluding carboxylic acids is 2. The zero-order valence-electron chi connectivity index (χ0n) is 19.5. The molecule has 1 aliphatic rings. The molecule has 0 bridgehead atoms. The fraction of sp³-hybridized carbons (Fsp3) is 0.259. The summed E-state index contributed by atoms with van der Waals surface area (Å²) in [5.74, 6) is 1.62. The summed E-state index contributed by atoms with van der Waals surface area (Å²) >= 11 is 0. The standard InChI is InChI=1S/C27H28N2O5/c1-32-21-9-6-7-18(13-21)16-28-26(30)15-23(19-11-12-24(33-2)25(14-19)34-3)29-17-20-8-4-5-10-22(20)27(29)31/h4-14,23H,15-17H2,1-3H3,(H,28,30). The van der Waals surface area contributed by atoms with E-state index in [0.717, 1.165) is 22.4 Å². The topological polar surface area (TPSA) is 77.1 Å². The van der Waals surface area contributed by atoms with Crippen LogP contribution >= 0.6 is 0 Å². The number of hydrogen-bond acceptors (Lipinski definition) is 5. The molecule has 1 atom stereocenters. The van der Waals surface area contributed by atoms with E-state index in [-0.39, 0.29) is 18.2 Å². The van der Waals surface area contributed by atoms with Gasteiger partial charge in [0.25, 0.3) is 5.91 Å². The molecule has 0 fully saturated rings. The van der Waals surface area contributed by atoms with Crippen molar-refractivity contribution < 1.29 is 23.8 Å². The fourth-order valence-electron chi connectivity index (χ4n) is 4.23. The predicted octanol–water partition coefficient (Wildman–Crippen LogP) is 4.12. The number of carbonyl (C=O) groups is 2. The van der Waals surface area contributed by atoms with Gasteiger partial charge < -0.3 is 24.4 Å². The molecule has 7 nitrogen and oxygen atoms in total. The highest BCUT2D eigenvalue weighted by molar-refractivity contribution is 5.98. The van der Waals surface area contributed by atoms with E-state index in [1.807, 2.05) is 60.7 Å². The summed E-state index contributed by atoms with van der Waals surface area (Å²) in [5.41, 5.74) is 3.36. The van der Waals surface area contributed by atoms with Crippen LogP contribution in [0.2, 0.25) is 0 Å². The normalized spacial score (nSPS) is 13.3. The molecule has 1 unspecified atom stereocenters. The zero-order chi connectivity index (χ0) is 24.1. The lowest BCUT2D eigenvalue weighted by Crippen LogP contribution is -2.34. The van der Waals surface area contributed by atoms with E-state index in [4.69, 9.17) is 14.2 Å². The number of nitrogens with zero attached hydrogens (tertiary/aromatic N) is 1. The summed E-state index contributed by atoms with van der Waals surface area (Å²) in [7, 11) is 4.74. The van der Waals surface area contributed by atoms with Gasteiger partial charge in [0.05, 0.1) is 33.8 Å². The highest BCUT2D eigenvalue weighted by Crippen LogP contribution is 2.37. The van der Waals surface area contributed by atoms with Gasteiger partial charge in [-0.1, -0.05) is 36.4 Å². The zero-order valence-corrected chi connectivity index (χ0v) is 19.5. The lowest BCUT2D eigenvalue weighted by Gasteiger charge is -2.28. The Hall–Kier alpha value is -4.00. The van der Waals surface area contributed by atoms with Crippen LogP contribution < -0.4 is 19.5 Å². The molecule has 4 rings (SSSR count). The molecular weight excluding hydrogens is 432 g/mol. The minimum absolute atomic E-state index is 0.0871. The monoisotopic (exact) mass is 460 g/mol. The summed E-state index contributed by atoms with van der Waals surface area (Å²) in [5, 5.41) is 2.97. The largest absolute Gasteiger partial charge is 0.497 e. The van der Waals surface area contributed by atoms with Crippen LogP contribution in [0.15, 0.2) is 66.7 Å². The Morgan fingerprint density at radius 3 is 2.47 bits per heavy atom. The van der Waals surface area contributed by atoms with Gasteiger partial charge in [-0.15, -0.1) is 0 Å². The molecule has 176 valence electrons. The van der Waals surface area contributed by atoms with Gasteiger partial charge in [0, 0.05) is 18.7 Å². The predicted molar refractivity (Wildman–Crippen MR) is 128 cm³/mol. The van der Waals surface area contributed by atoms with Crippen LogP contribution in [0.5, 0.6) is 17.2 Å². The molecule has 3 aromatic carbocycles.